The lowest BCUT2D eigenvalue weighted by Gasteiger charge is -2.25. The van der Waals surface area contributed by atoms with Crippen LogP contribution in [0.15, 0.2) is 0 Å². The third kappa shape index (κ3) is 6.89. The lowest BCUT2D eigenvalue weighted by Crippen LogP contribution is -2.36. The Kier molecular flexibility index (Phi) is 8.26. The zero-order valence-corrected chi connectivity index (χ0v) is 12.9. The summed E-state index contributed by atoms with van der Waals surface area (Å²) in [6, 6.07) is 5.75. The van der Waals surface area contributed by atoms with Gasteiger partial charge in [-0.3, -0.25) is 0 Å². The molecule has 0 amide bonds. The topological polar surface area (TPSA) is 71.6 Å². The highest BCUT2D eigenvalue weighted by atomic mass is 14.9. The van der Waals surface area contributed by atoms with Crippen LogP contribution in [0.2, 0.25) is 0 Å². The predicted molar refractivity (Wildman–Crippen MR) is 80.8 cm³/mol. The number of nitrogens with zero attached hydrogens (tertiary/aromatic N) is 2. The third-order valence-corrected chi connectivity index (χ3v) is 4.29. The Morgan fingerprint density at radius 1 is 0.800 bits per heavy atom. The zero-order chi connectivity index (χ0) is 14.8. The van der Waals surface area contributed by atoms with Crippen molar-refractivity contribution >= 4 is 0 Å². The first-order valence-electron chi connectivity index (χ1n) is 7.86. The Labute approximate surface area is 123 Å². The van der Waals surface area contributed by atoms with E-state index in [0.29, 0.717) is 23.9 Å². The fourth-order valence-corrected chi connectivity index (χ4v) is 2.72. The van der Waals surface area contributed by atoms with E-state index in [1.807, 2.05) is 0 Å². The number of hydrogen-bond acceptors (Lipinski definition) is 4. The summed E-state index contributed by atoms with van der Waals surface area (Å²) in [5, 5.41) is 23.5. The predicted octanol–water partition coefficient (Wildman–Crippen LogP) is 2.58. The maximum atomic E-state index is 8.41. The van der Waals surface area contributed by atoms with Crippen molar-refractivity contribution in [1.82, 2.24) is 10.6 Å². The van der Waals surface area contributed by atoms with Crippen molar-refractivity contribution in [3.63, 3.8) is 0 Å². The fraction of sp³-hybridized carbons (Fsp3) is 0.875. The van der Waals surface area contributed by atoms with Gasteiger partial charge in [-0.15, -0.1) is 0 Å². The van der Waals surface area contributed by atoms with Gasteiger partial charge in [-0.05, 0) is 64.5 Å². The molecule has 0 aromatic carbocycles. The normalized spacial score (nSPS) is 33.2. The van der Waals surface area contributed by atoms with Crippen LogP contribution in [0, 0.1) is 34.5 Å². The molecule has 2 saturated heterocycles. The van der Waals surface area contributed by atoms with Gasteiger partial charge in [-0.25, -0.2) is 0 Å². The summed E-state index contributed by atoms with van der Waals surface area (Å²) in [6.07, 6.45) is 6.35. The molecule has 4 nitrogen and oxygen atoms in total. The van der Waals surface area contributed by atoms with Crippen LogP contribution < -0.4 is 10.6 Å². The van der Waals surface area contributed by atoms with Crippen molar-refractivity contribution in [1.29, 1.82) is 10.5 Å². The van der Waals surface area contributed by atoms with Crippen LogP contribution in [0.25, 0.3) is 0 Å². The van der Waals surface area contributed by atoms with Gasteiger partial charge >= 0.3 is 0 Å². The van der Waals surface area contributed by atoms with Gasteiger partial charge in [0.1, 0.15) is 0 Å². The minimum atomic E-state index is 0.612. The van der Waals surface area contributed by atoms with Crippen LogP contribution in [0.4, 0.5) is 0 Å². The number of piperidine rings is 2. The van der Waals surface area contributed by atoms with Gasteiger partial charge in [0.25, 0.3) is 0 Å². The molecular formula is C16H28N4. The first-order chi connectivity index (χ1) is 9.65. The van der Waals surface area contributed by atoms with Crippen molar-refractivity contribution in [2.24, 2.45) is 11.8 Å². The third-order valence-electron chi connectivity index (χ3n) is 4.29. The van der Waals surface area contributed by atoms with Crippen molar-refractivity contribution in [2.45, 2.75) is 64.5 Å². The molecule has 2 aliphatic rings. The Balaban J connectivity index is 0.000000200. The quantitative estimate of drug-likeness (QED) is 0.813. The van der Waals surface area contributed by atoms with Crippen molar-refractivity contribution < 1.29 is 0 Å². The fourth-order valence-electron chi connectivity index (χ4n) is 2.72. The molecule has 2 unspecified atom stereocenters. The monoisotopic (exact) mass is 276 g/mol. The highest BCUT2D eigenvalue weighted by molar-refractivity contribution is 4.82. The summed E-state index contributed by atoms with van der Waals surface area (Å²) in [6.45, 7) is 6.47. The second-order valence-corrected chi connectivity index (χ2v) is 6.23. The molecule has 2 N–H and O–H groups in total. The van der Waals surface area contributed by atoms with Crippen LogP contribution in [-0.2, 0) is 0 Å². The molecule has 0 bridgehead atoms. The molecule has 4 atom stereocenters. The number of nitriles is 2. The van der Waals surface area contributed by atoms with Crippen molar-refractivity contribution in [2.75, 3.05) is 13.1 Å². The Morgan fingerprint density at radius 2 is 1.20 bits per heavy atom. The Bertz CT molecular complexity index is 291. The summed E-state index contributed by atoms with van der Waals surface area (Å²) < 4.78 is 0. The zero-order valence-electron chi connectivity index (χ0n) is 12.9. The first kappa shape index (κ1) is 17.0. The van der Waals surface area contributed by atoms with Gasteiger partial charge in [-0.1, -0.05) is 0 Å². The van der Waals surface area contributed by atoms with Crippen LogP contribution in [0.1, 0.15) is 52.4 Å². The smallest absolute Gasteiger partial charge is 0.0625 e. The number of hydrogen-bond donors (Lipinski definition) is 2. The Hall–Kier alpha value is -1.10. The molecule has 112 valence electrons. The maximum absolute atomic E-state index is 8.41. The lowest BCUT2D eigenvalue weighted by atomic mass is 9.93. The minimum absolute atomic E-state index is 0.612. The molecule has 0 spiro atoms. The molecule has 0 aromatic heterocycles. The van der Waals surface area contributed by atoms with Gasteiger partial charge in [0.05, 0.1) is 12.1 Å². The molecule has 2 rings (SSSR count). The van der Waals surface area contributed by atoms with E-state index in [2.05, 4.69) is 36.6 Å². The highest BCUT2D eigenvalue weighted by Crippen LogP contribution is 2.16. The molecule has 0 saturated carbocycles. The van der Waals surface area contributed by atoms with Gasteiger partial charge in [0.2, 0.25) is 0 Å². The Morgan fingerprint density at radius 3 is 1.45 bits per heavy atom. The summed E-state index contributed by atoms with van der Waals surface area (Å²) in [5.41, 5.74) is 0. The molecule has 0 aliphatic carbocycles. The average Bonchev–Trinajstić information content (AvgIpc) is 2.45. The van der Waals surface area contributed by atoms with E-state index < -0.39 is 0 Å². The molecule has 4 heteroatoms. The standard InChI is InChI=1S/2C8H14N2/c2*1-7-2-3-8(4-5-9)6-10-7/h2*7-8,10H,2-4,6H2,1H3/t2*7?,8-/m10/s1. The molecular weight excluding hydrogens is 248 g/mol. The summed E-state index contributed by atoms with van der Waals surface area (Å²) >= 11 is 0. The lowest BCUT2D eigenvalue weighted by molar-refractivity contribution is 0.327. The highest BCUT2D eigenvalue weighted by Gasteiger charge is 2.17. The van der Waals surface area contributed by atoms with Crippen molar-refractivity contribution in [3.8, 4) is 12.1 Å². The van der Waals surface area contributed by atoms with Gasteiger partial charge < -0.3 is 10.6 Å². The molecule has 2 heterocycles. The summed E-state index contributed by atoms with van der Waals surface area (Å²) in [4.78, 5) is 0. The molecule has 2 fully saturated rings. The molecule has 0 radical (unpaired) electrons. The second kappa shape index (κ2) is 9.75. The molecule has 0 aromatic rings. The maximum Gasteiger partial charge on any atom is 0.0625 e. The van der Waals surface area contributed by atoms with E-state index in [0.717, 1.165) is 25.9 Å². The molecule has 2 aliphatic heterocycles. The SMILES string of the molecule is CC1CC[C@@H](CC#N)CN1.CC1CC[C@H](CC#N)CN1. The van der Waals surface area contributed by atoms with Crippen LogP contribution in [-0.4, -0.2) is 25.2 Å². The molecule has 20 heavy (non-hydrogen) atoms. The van der Waals surface area contributed by atoms with Gasteiger partial charge in [0, 0.05) is 24.9 Å². The second-order valence-electron chi connectivity index (χ2n) is 6.23. The van der Waals surface area contributed by atoms with Gasteiger partial charge in [0.15, 0.2) is 0 Å². The first-order valence-corrected chi connectivity index (χ1v) is 7.86. The van der Waals surface area contributed by atoms with E-state index in [4.69, 9.17) is 10.5 Å². The number of nitrogens with one attached hydrogen (secondary N) is 2. The van der Waals surface area contributed by atoms with E-state index in [1.165, 1.54) is 25.7 Å². The van der Waals surface area contributed by atoms with E-state index in [9.17, 15) is 0 Å². The van der Waals surface area contributed by atoms with E-state index >= 15 is 0 Å². The summed E-state index contributed by atoms with van der Waals surface area (Å²) in [7, 11) is 0. The van der Waals surface area contributed by atoms with Crippen LogP contribution in [0.3, 0.4) is 0 Å². The van der Waals surface area contributed by atoms with Crippen LogP contribution >= 0.6 is 0 Å². The van der Waals surface area contributed by atoms with E-state index in [-0.39, 0.29) is 0 Å². The van der Waals surface area contributed by atoms with E-state index in [1.54, 1.807) is 0 Å². The average molecular weight is 276 g/mol. The largest absolute Gasteiger partial charge is 0.314 e. The van der Waals surface area contributed by atoms with Crippen molar-refractivity contribution in [3.05, 3.63) is 0 Å². The minimum Gasteiger partial charge on any atom is -0.314 e. The van der Waals surface area contributed by atoms with Gasteiger partial charge in [-0.2, -0.15) is 10.5 Å². The van der Waals surface area contributed by atoms with Crippen LogP contribution in [0.5, 0.6) is 0 Å². The number of rotatable bonds is 2. The summed E-state index contributed by atoms with van der Waals surface area (Å²) in [5.74, 6) is 1.22.